The average molecular weight is 353 g/mol. The highest BCUT2D eigenvalue weighted by Crippen LogP contribution is 2.30. The van der Waals surface area contributed by atoms with Crippen molar-refractivity contribution in [2.75, 3.05) is 13.2 Å². The molecule has 24 heavy (non-hydrogen) atoms. The Kier molecular flexibility index (Phi) is 5.02. The van der Waals surface area contributed by atoms with Gasteiger partial charge in [-0.1, -0.05) is 6.07 Å². The van der Waals surface area contributed by atoms with Gasteiger partial charge in [0.05, 0.1) is 30.3 Å². The fraction of sp³-hybridized carbons (Fsp3) is 0.667. The van der Waals surface area contributed by atoms with Gasteiger partial charge in [0.1, 0.15) is 0 Å². The van der Waals surface area contributed by atoms with Crippen molar-refractivity contribution in [2.24, 2.45) is 0 Å². The lowest BCUT2D eigenvalue weighted by atomic mass is 9.90. The van der Waals surface area contributed by atoms with Crippen LogP contribution in [-0.2, 0) is 19.5 Å². The van der Waals surface area contributed by atoms with Crippen LogP contribution in [0.25, 0.3) is 0 Å². The monoisotopic (exact) mass is 353 g/mol. The zero-order chi connectivity index (χ0) is 17.5. The first kappa shape index (κ1) is 17.9. The molecule has 2 fully saturated rings. The molecule has 3 unspecified atom stereocenters. The van der Waals surface area contributed by atoms with Gasteiger partial charge in [0.2, 0.25) is 10.0 Å². The lowest BCUT2D eigenvalue weighted by molar-refractivity contribution is -0.156. The predicted molar refractivity (Wildman–Crippen MR) is 92.8 cm³/mol. The molecule has 5 nitrogen and oxygen atoms in total. The summed E-state index contributed by atoms with van der Waals surface area (Å²) in [6, 6.07) is 1.94. The summed E-state index contributed by atoms with van der Waals surface area (Å²) in [6.45, 7) is 8.91. The van der Waals surface area contributed by atoms with Crippen LogP contribution < -0.4 is 4.72 Å². The van der Waals surface area contributed by atoms with Crippen LogP contribution in [0, 0.1) is 27.7 Å². The molecule has 2 aliphatic rings. The number of aryl methyl sites for hydroxylation is 2. The standard InChI is InChI=1S/C18H27NO4S/c1-11-9-12(2)14(4)18(13(11)3)24(20,21)19-15-5-6-16-17(10-15)23-8-7-22-16/h9,15-17,19H,5-8,10H2,1-4H3. The molecule has 1 N–H and O–H groups in total. The molecule has 1 aromatic rings. The number of benzene rings is 1. The van der Waals surface area contributed by atoms with E-state index in [0.717, 1.165) is 35.1 Å². The number of nitrogens with one attached hydrogen (secondary N) is 1. The zero-order valence-corrected chi connectivity index (χ0v) is 15.7. The third-order valence-electron chi connectivity index (χ3n) is 5.37. The second kappa shape index (κ2) is 6.75. The van der Waals surface area contributed by atoms with Crippen molar-refractivity contribution in [3.05, 3.63) is 28.3 Å². The van der Waals surface area contributed by atoms with Gasteiger partial charge in [-0.3, -0.25) is 0 Å². The van der Waals surface area contributed by atoms with E-state index in [0.29, 0.717) is 24.5 Å². The summed E-state index contributed by atoms with van der Waals surface area (Å²) >= 11 is 0. The summed E-state index contributed by atoms with van der Waals surface area (Å²) in [4.78, 5) is 0.433. The number of ether oxygens (including phenoxy) is 2. The van der Waals surface area contributed by atoms with E-state index in [2.05, 4.69) is 4.72 Å². The Morgan fingerprint density at radius 1 is 0.958 bits per heavy atom. The van der Waals surface area contributed by atoms with Crippen molar-refractivity contribution in [1.29, 1.82) is 0 Å². The molecule has 0 amide bonds. The van der Waals surface area contributed by atoms with Crippen LogP contribution in [0.2, 0.25) is 0 Å². The minimum Gasteiger partial charge on any atom is -0.373 e. The molecule has 1 aromatic carbocycles. The number of fused-ring (bicyclic) bond motifs is 1. The summed E-state index contributed by atoms with van der Waals surface area (Å²) in [7, 11) is -3.55. The molecule has 1 aliphatic carbocycles. The summed E-state index contributed by atoms with van der Waals surface area (Å²) in [6.07, 6.45) is 2.41. The van der Waals surface area contributed by atoms with Crippen LogP contribution in [0.5, 0.6) is 0 Å². The highest BCUT2D eigenvalue weighted by atomic mass is 32.2. The van der Waals surface area contributed by atoms with Crippen LogP contribution >= 0.6 is 0 Å². The minimum atomic E-state index is -3.55. The van der Waals surface area contributed by atoms with Gasteiger partial charge in [-0.25, -0.2) is 13.1 Å². The summed E-state index contributed by atoms with van der Waals surface area (Å²) in [5.74, 6) is 0. The largest absolute Gasteiger partial charge is 0.373 e. The topological polar surface area (TPSA) is 64.6 Å². The minimum absolute atomic E-state index is 0.00152. The van der Waals surface area contributed by atoms with Crippen molar-refractivity contribution in [2.45, 2.75) is 70.1 Å². The molecule has 1 saturated heterocycles. The van der Waals surface area contributed by atoms with E-state index in [1.807, 2.05) is 33.8 Å². The van der Waals surface area contributed by atoms with Gasteiger partial charge in [0.25, 0.3) is 0 Å². The maximum atomic E-state index is 13.0. The van der Waals surface area contributed by atoms with Gasteiger partial charge in [-0.05, 0) is 69.2 Å². The molecule has 1 saturated carbocycles. The molecule has 0 radical (unpaired) electrons. The zero-order valence-electron chi connectivity index (χ0n) is 14.9. The average Bonchev–Trinajstić information content (AvgIpc) is 2.52. The number of hydrogen-bond acceptors (Lipinski definition) is 4. The first-order chi connectivity index (χ1) is 11.3. The molecule has 3 atom stereocenters. The van der Waals surface area contributed by atoms with Crippen molar-refractivity contribution in [3.63, 3.8) is 0 Å². The normalized spacial score (nSPS) is 27.8. The van der Waals surface area contributed by atoms with Crippen LogP contribution in [0.1, 0.15) is 41.5 Å². The fourth-order valence-corrected chi connectivity index (χ4v) is 5.73. The van der Waals surface area contributed by atoms with Crippen LogP contribution in [0.4, 0.5) is 0 Å². The van der Waals surface area contributed by atoms with E-state index in [1.165, 1.54) is 0 Å². The first-order valence-corrected chi connectivity index (χ1v) is 10.1. The van der Waals surface area contributed by atoms with E-state index < -0.39 is 10.0 Å². The highest BCUT2D eigenvalue weighted by molar-refractivity contribution is 7.89. The molecule has 3 rings (SSSR count). The fourth-order valence-electron chi connectivity index (χ4n) is 3.84. The summed E-state index contributed by atoms with van der Waals surface area (Å²) < 4.78 is 40.4. The quantitative estimate of drug-likeness (QED) is 0.907. The SMILES string of the molecule is Cc1cc(C)c(C)c(S(=O)(=O)NC2CCC3OCCOC3C2)c1C. The Balaban J connectivity index is 1.82. The van der Waals surface area contributed by atoms with Crippen LogP contribution in [0.15, 0.2) is 11.0 Å². The van der Waals surface area contributed by atoms with E-state index in [-0.39, 0.29) is 18.2 Å². The van der Waals surface area contributed by atoms with E-state index in [9.17, 15) is 8.42 Å². The van der Waals surface area contributed by atoms with Gasteiger partial charge < -0.3 is 9.47 Å². The molecule has 0 spiro atoms. The van der Waals surface area contributed by atoms with E-state index in [1.54, 1.807) is 0 Å². The Hall–Kier alpha value is -0.950. The van der Waals surface area contributed by atoms with Crippen molar-refractivity contribution < 1.29 is 17.9 Å². The Morgan fingerprint density at radius 2 is 1.54 bits per heavy atom. The van der Waals surface area contributed by atoms with Gasteiger partial charge in [0, 0.05) is 6.04 Å². The Labute approximate surface area is 144 Å². The molecule has 0 aromatic heterocycles. The van der Waals surface area contributed by atoms with Crippen molar-refractivity contribution in [3.8, 4) is 0 Å². The van der Waals surface area contributed by atoms with Gasteiger partial charge in [0.15, 0.2) is 0 Å². The van der Waals surface area contributed by atoms with Crippen molar-refractivity contribution >= 4 is 10.0 Å². The lowest BCUT2D eigenvalue weighted by Gasteiger charge is -2.39. The molecular weight excluding hydrogens is 326 g/mol. The molecule has 134 valence electrons. The van der Waals surface area contributed by atoms with Crippen LogP contribution in [-0.4, -0.2) is 39.9 Å². The second-order valence-electron chi connectivity index (χ2n) is 7.04. The molecule has 1 heterocycles. The molecule has 6 heteroatoms. The number of rotatable bonds is 3. The third kappa shape index (κ3) is 3.38. The van der Waals surface area contributed by atoms with Crippen LogP contribution in [0.3, 0.4) is 0 Å². The molecule has 0 bridgehead atoms. The van der Waals surface area contributed by atoms with Gasteiger partial charge in [-0.15, -0.1) is 0 Å². The van der Waals surface area contributed by atoms with E-state index in [4.69, 9.17) is 9.47 Å². The predicted octanol–water partition coefficient (Wildman–Crippen LogP) is 2.54. The number of hydrogen-bond donors (Lipinski definition) is 1. The van der Waals surface area contributed by atoms with Crippen molar-refractivity contribution in [1.82, 2.24) is 4.72 Å². The van der Waals surface area contributed by atoms with E-state index >= 15 is 0 Å². The smallest absolute Gasteiger partial charge is 0.241 e. The lowest BCUT2D eigenvalue weighted by Crippen LogP contribution is -2.49. The van der Waals surface area contributed by atoms with Gasteiger partial charge >= 0.3 is 0 Å². The first-order valence-electron chi connectivity index (χ1n) is 8.62. The second-order valence-corrected chi connectivity index (χ2v) is 8.69. The highest BCUT2D eigenvalue weighted by Gasteiger charge is 2.36. The molecule has 1 aliphatic heterocycles. The van der Waals surface area contributed by atoms with Gasteiger partial charge in [-0.2, -0.15) is 0 Å². The maximum absolute atomic E-state index is 13.0. The summed E-state index contributed by atoms with van der Waals surface area (Å²) in [5.41, 5.74) is 3.67. The third-order valence-corrected chi connectivity index (χ3v) is 7.16. The Morgan fingerprint density at radius 3 is 2.17 bits per heavy atom. The summed E-state index contributed by atoms with van der Waals surface area (Å²) in [5, 5.41) is 0. The number of sulfonamides is 1. The Bertz CT molecular complexity index is 703. The maximum Gasteiger partial charge on any atom is 0.241 e. The molecular formula is C18H27NO4S.